The molecule has 0 radical (unpaired) electrons. The number of halogens is 2. The maximum atomic E-state index is 12.9. The number of benzene rings is 1. The molecule has 1 saturated heterocycles. The van der Waals surface area contributed by atoms with E-state index >= 15 is 0 Å². The predicted octanol–water partition coefficient (Wildman–Crippen LogP) is 3.58. The molecule has 30 heavy (non-hydrogen) atoms. The fourth-order valence-electron chi connectivity index (χ4n) is 3.31. The Balaban J connectivity index is 1.51. The molecule has 1 N–H and O–H groups in total. The van der Waals surface area contributed by atoms with E-state index in [4.69, 9.17) is 23.2 Å². The van der Waals surface area contributed by atoms with Crippen molar-refractivity contribution in [1.82, 2.24) is 19.2 Å². The number of amides is 1. The molecular formula is C19H18Cl2N4O3S2. The first kappa shape index (κ1) is 21.3. The SMILES string of the molecule is Cn1cnc(S(=O)(=O)N2CC(C(NC(=O)c3ccc(Cl)cc3Cl)c3cccs3)C2)c1. The number of rotatable bonds is 6. The van der Waals surface area contributed by atoms with E-state index < -0.39 is 10.0 Å². The molecule has 0 saturated carbocycles. The fourth-order valence-corrected chi connectivity index (χ4v) is 6.20. The molecular weight excluding hydrogens is 467 g/mol. The number of aromatic nitrogens is 2. The van der Waals surface area contributed by atoms with Crippen LogP contribution in [0.4, 0.5) is 0 Å². The average molecular weight is 485 g/mol. The van der Waals surface area contributed by atoms with Crippen LogP contribution in [0.15, 0.2) is 53.3 Å². The topological polar surface area (TPSA) is 84.3 Å². The number of thiophene rings is 1. The number of nitrogens with zero attached hydrogens (tertiary/aromatic N) is 3. The van der Waals surface area contributed by atoms with E-state index in [1.165, 1.54) is 34.2 Å². The van der Waals surface area contributed by atoms with Crippen molar-refractivity contribution in [3.8, 4) is 0 Å². The molecule has 1 unspecified atom stereocenters. The molecule has 158 valence electrons. The van der Waals surface area contributed by atoms with E-state index in [2.05, 4.69) is 10.3 Å². The van der Waals surface area contributed by atoms with Crippen molar-refractivity contribution in [2.45, 2.75) is 11.1 Å². The minimum absolute atomic E-state index is 0.0214. The lowest BCUT2D eigenvalue weighted by molar-refractivity contribution is 0.0874. The molecule has 0 aliphatic carbocycles. The predicted molar refractivity (Wildman–Crippen MR) is 116 cm³/mol. The Morgan fingerprint density at radius 3 is 2.67 bits per heavy atom. The second kappa shape index (κ2) is 8.32. The average Bonchev–Trinajstić information content (AvgIpc) is 3.31. The largest absolute Gasteiger partial charge is 0.344 e. The Morgan fingerprint density at radius 1 is 1.30 bits per heavy atom. The maximum absolute atomic E-state index is 12.9. The molecule has 3 aromatic rings. The highest BCUT2D eigenvalue weighted by Crippen LogP contribution is 2.35. The van der Waals surface area contributed by atoms with Crippen molar-refractivity contribution in [3.05, 3.63) is 68.7 Å². The third-order valence-electron chi connectivity index (χ3n) is 4.95. The molecule has 3 heterocycles. The van der Waals surface area contributed by atoms with Gasteiger partial charge in [0.1, 0.15) is 0 Å². The van der Waals surface area contributed by atoms with Crippen LogP contribution in [-0.2, 0) is 17.1 Å². The molecule has 0 bridgehead atoms. The van der Waals surface area contributed by atoms with E-state index in [1.54, 1.807) is 23.7 Å². The first-order chi connectivity index (χ1) is 14.3. The van der Waals surface area contributed by atoms with Crippen LogP contribution in [0.25, 0.3) is 0 Å². The summed E-state index contributed by atoms with van der Waals surface area (Å²) in [6, 6.07) is 8.18. The van der Waals surface area contributed by atoms with E-state index in [1.807, 2.05) is 17.5 Å². The van der Waals surface area contributed by atoms with Crippen molar-refractivity contribution in [3.63, 3.8) is 0 Å². The Bertz CT molecular complexity index is 1170. The van der Waals surface area contributed by atoms with Gasteiger partial charge in [0.2, 0.25) is 0 Å². The molecule has 1 amide bonds. The Labute approximate surface area is 188 Å². The number of nitrogens with one attached hydrogen (secondary N) is 1. The maximum Gasteiger partial charge on any atom is 0.262 e. The minimum Gasteiger partial charge on any atom is -0.344 e. The quantitative estimate of drug-likeness (QED) is 0.579. The summed E-state index contributed by atoms with van der Waals surface area (Å²) < 4.78 is 28.4. The number of carbonyl (C=O) groups is 1. The van der Waals surface area contributed by atoms with E-state index in [0.29, 0.717) is 10.6 Å². The molecule has 1 aliphatic heterocycles. The van der Waals surface area contributed by atoms with Crippen LogP contribution in [-0.4, -0.2) is 41.3 Å². The summed E-state index contributed by atoms with van der Waals surface area (Å²) in [5.74, 6) is -0.404. The summed E-state index contributed by atoms with van der Waals surface area (Å²) in [5, 5.41) is 5.67. The smallest absolute Gasteiger partial charge is 0.262 e. The molecule has 2 aromatic heterocycles. The van der Waals surface area contributed by atoms with Gasteiger partial charge in [0.15, 0.2) is 5.03 Å². The molecule has 1 aromatic carbocycles. The van der Waals surface area contributed by atoms with Crippen molar-refractivity contribution >= 4 is 50.5 Å². The zero-order valence-corrected chi connectivity index (χ0v) is 19.0. The fraction of sp³-hybridized carbons (Fsp3) is 0.263. The highest BCUT2D eigenvalue weighted by Gasteiger charge is 2.42. The molecule has 0 spiro atoms. The van der Waals surface area contributed by atoms with Crippen molar-refractivity contribution in [1.29, 1.82) is 0 Å². The lowest BCUT2D eigenvalue weighted by atomic mass is 9.92. The van der Waals surface area contributed by atoms with Gasteiger partial charge in [-0.3, -0.25) is 4.79 Å². The van der Waals surface area contributed by atoms with Gasteiger partial charge in [-0.05, 0) is 29.6 Å². The van der Waals surface area contributed by atoms with Gasteiger partial charge < -0.3 is 9.88 Å². The molecule has 1 fully saturated rings. The first-order valence-electron chi connectivity index (χ1n) is 9.03. The van der Waals surface area contributed by atoms with Crippen LogP contribution in [0.3, 0.4) is 0 Å². The van der Waals surface area contributed by atoms with Crippen LogP contribution in [0.5, 0.6) is 0 Å². The van der Waals surface area contributed by atoms with E-state index in [9.17, 15) is 13.2 Å². The van der Waals surface area contributed by atoms with E-state index in [-0.39, 0.29) is 41.0 Å². The van der Waals surface area contributed by atoms with Gasteiger partial charge in [0.05, 0.1) is 23.0 Å². The first-order valence-corrected chi connectivity index (χ1v) is 12.1. The summed E-state index contributed by atoms with van der Waals surface area (Å²) >= 11 is 13.6. The van der Waals surface area contributed by atoms with Gasteiger partial charge in [-0.1, -0.05) is 29.3 Å². The number of imidazole rings is 1. The lowest BCUT2D eigenvalue weighted by Crippen LogP contribution is -2.54. The van der Waals surface area contributed by atoms with Gasteiger partial charge in [-0.25, -0.2) is 13.4 Å². The highest BCUT2D eigenvalue weighted by molar-refractivity contribution is 7.89. The van der Waals surface area contributed by atoms with Gasteiger partial charge >= 0.3 is 0 Å². The Morgan fingerprint density at radius 2 is 2.07 bits per heavy atom. The van der Waals surface area contributed by atoms with Crippen LogP contribution >= 0.6 is 34.5 Å². The summed E-state index contributed by atoms with van der Waals surface area (Å²) in [7, 11) is -1.94. The summed E-state index contributed by atoms with van der Waals surface area (Å²) in [5.41, 5.74) is 0.319. The minimum atomic E-state index is -3.65. The second-order valence-electron chi connectivity index (χ2n) is 7.05. The third-order valence-corrected chi connectivity index (χ3v) is 8.17. The van der Waals surface area contributed by atoms with Crippen LogP contribution in [0, 0.1) is 5.92 Å². The van der Waals surface area contributed by atoms with Gasteiger partial charge in [0, 0.05) is 42.2 Å². The van der Waals surface area contributed by atoms with Gasteiger partial charge in [0.25, 0.3) is 15.9 Å². The second-order valence-corrected chi connectivity index (χ2v) is 10.8. The normalized spacial score (nSPS) is 16.2. The van der Waals surface area contributed by atoms with Crippen molar-refractivity contribution < 1.29 is 13.2 Å². The zero-order valence-electron chi connectivity index (χ0n) is 15.8. The third kappa shape index (κ3) is 4.13. The molecule has 7 nitrogen and oxygen atoms in total. The Kier molecular flexibility index (Phi) is 5.91. The summed E-state index contributed by atoms with van der Waals surface area (Å²) in [4.78, 5) is 17.8. The molecule has 11 heteroatoms. The summed E-state index contributed by atoms with van der Waals surface area (Å²) in [6.07, 6.45) is 2.93. The number of hydrogen-bond donors (Lipinski definition) is 1. The van der Waals surface area contributed by atoms with Crippen LogP contribution in [0.1, 0.15) is 21.3 Å². The van der Waals surface area contributed by atoms with E-state index in [0.717, 1.165) is 4.88 Å². The molecule has 4 rings (SSSR count). The summed E-state index contributed by atoms with van der Waals surface area (Å²) in [6.45, 7) is 0.576. The number of hydrogen-bond acceptors (Lipinski definition) is 5. The van der Waals surface area contributed by atoms with Crippen molar-refractivity contribution in [2.75, 3.05) is 13.1 Å². The Hall–Kier alpha value is -1.91. The molecule has 1 aliphatic rings. The number of sulfonamides is 1. The van der Waals surface area contributed by atoms with Crippen LogP contribution in [0.2, 0.25) is 10.0 Å². The number of aryl methyl sites for hydroxylation is 1. The monoisotopic (exact) mass is 484 g/mol. The number of carbonyl (C=O) groups excluding carboxylic acids is 1. The standard InChI is InChI=1S/C19H18Cl2N4O3S2/c1-24-10-17(22-11-24)30(27,28)25-8-12(9-25)18(16-3-2-6-29-16)23-19(26)14-5-4-13(20)7-15(14)21/h2-7,10-12,18H,8-9H2,1H3,(H,23,26). The van der Waals surface area contributed by atoms with Crippen molar-refractivity contribution in [2.24, 2.45) is 13.0 Å². The molecule has 1 atom stereocenters. The van der Waals surface area contributed by atoms with Gasteiger partial charge in [-0.2, -0.15) is 4.31 Å². The zero-order chi connectivity index (χ0) is 21.5. The van der Waals surface area contributed by atoms with Crippen LogP contribution < -0.4 is 5.32 Å². The lowest BCUT2D eigenvalue weighted by Gasteiger charge is -2.41. The highest BCUT2D eigenvalue weighted by atomic mass is 35.5. The van der Waals surface area contributed by atoms with Gasteiger partial charge in [-0.15, -0.1) is 11.3 Å².